The molecular formula is C17H17BrClI. The molecule has 1 atom stereocenters. The van der Waals surface area contributed by atoms with Crippen LogP contribution in [0, 0.1) is 3.57 Å². The van der Waals surface area contributed by atoms with Gasteiger partial charge >= 0.3 is 0 Å². The summed E-state index contributed by atoms with van der Waals surface area (Å²) < 4.78 is 2.25. The first-order chi connectivity index (χ1) is 9.29. The van der Waals surface area contributed by atoms with Crippen LogP contribution in [0.15, 0.2) is 46.9 Å². The minimum atomic E-state index is -0.117. The number of rotatable bonds is 2. The zero-order valence-corrected chi connectivity index (χ0v) is 16.3. The summed E-state index contributed by atoms with van der Waals surface area (Å²) in [4.78, 5) is 0. The van der Waals surface area contributed by atoms with Crippen LogP contribution in [-0.2, 0) is 5.41 Å². The average Bonchev–Trinajstić information content (AvgIpc) is 2.40. The van der Waals surface area contributed by atoms with Gasteiger partial charge in [-0.15, -0.1) is 11.6 Å². The Morgan fingerprint density at radius 2 is 1.65 bits per heavy atom. The molecule has 1 unspecified atom stereocenters. The highest BCUT2D eigenvalue weighted by atomic mass is 127. The van der Waals surface area contributed by atoms with Gasteiger partial charge in [0.15, 0.2) is 0 Å². The summed E-state index contributed by atoms with van der Waals surface area (Å²) in [5.74, 6) is 0. The van der Waals surface area contributed by atoms with Crippen molar-refractivity contribution >= 4 is 50.1 Å². The summed E-state index contributed by atoms with van der Waals surface area (Å²) in [6.45, 7) is 6.66. The molecule has 0 aliphatic rings. The molecule has 0 nitrogen and oxygen atoms in total. The lowest BCUT2D eigenvalue weighted by atomic mass is 9.86. The lowest BCUT2D eigenvalue weighted by Crippen LogP contribution is -2.10. The highest BCUT2D eigenvalue weighted by Crippen LogP contribution is 2.34. The Balaban J connectivity index is 2.34. The van der Waals surface area contributed by atoms with Gasteiger partial charge in [-0.05, 0) is 62.9 Å². The van der Waals surface area contributed by atoms with Crippen molar-refractivity contribution in [2.75, 3.05) is 0 Å². The zero-order valence-electron chi connectivity index (χ0n) is 11.8. The summed E-state index contributed by atoms with van der Waals surface area (Å²) in [6.07, 6.45) is 0. The molecule has 106 valence electrons. The normalized spacial score (nSPS) is 13.3. The Labute approximate surface area is 148 Å². The largest absolute Gasteiger partial charge is 0.113 e. The van der Waals surface area contributed by atoms with Crippen molar-refractivity contribution < 1.29 is 0 Å². The predicted octanol–water partition coefficient (Wildman–Crippen LogP) is 6.68. The topological polar surface area (TPSA) is 0 Å². The van der Waals surface area contributed by atoms with Gasteiger partial charge < -0.3 is 0 Å². The standard InChI is InChI=1S/C17H17BrClI/c1-17(2,3)12-6-4-11(5-7-12)16(19)14-10-13(18)8-9-15(14)20/h4-10,16H,1-3H3. The van der Waals surface area contributed by atoms with E-state index in [9.17, 15) is 0 Å². The van der Waals surface area contributed by atoms with Crippen LogP contribution in [0.4, 0.5) is 0 Å². The predicted molar refractivity (Wildman–Crippen MR) is 99.7 cm³/mol. The maximum Gasteiger partial charge on any atom is 0.0846 e. The second kappa shape index (κ2) is 6.37. The van der Waals surface area contributed by atoms with E-state index in [0.717, 1.165) is 15.6 Å². The molecule has 0 saturated carbocycles. The highest BCUT2D eigenvalue weighted by Gasteiger charge is 2.17. The summed E-state index contributed by atoms with van der Waals surface area (Å²) in [7, 11) is 0. The van der Waals surface area contributed by atoms with Gasteiger partial charge in [-0.1, -0.05) is 61.0 Å². The first kappa shape index (κ1) is 16.3. The highest BCUT2D eigenvalue weighted by molar-refractivity contribution is 14.1. The lowest BCUT2D eigenvalue weighted by molar-refractivity contribution is 0.590. The van der Waals surface area contributed by atoms with E-state index in [4.69, 9.17) is 11.6 Å². The molecular weight excluding hydrogens is 446 g/mol. The van der Waals surface area contributed by atoms with Crippen LogP contribution in [0.1, 0.15) is 42.8 Å². The summed E-state index contributed by atoms with van der Waals surface area (Å²) in [6, 6.07) is 14.8. The Morgan fingerprint density at radius 3 is 2.20 bits per heavy atom. The molecule has 0 N–H and O–H groups in total. The molecule has 0 saturated heterocycles. The third-order valence-electron chi connectivity index (χ3n) is 3.30. The number of hydrogen-bond acceptors (Lipinski definition) is 0. The summed E-state index contributed by atoms with van der Waals surface area (Å²) >= 11 is 12.5. The molecule has 2 aromatic rings. The van der Waals surface area contributed by atoms with Crippen molar-refractivity contribution in [1.29, 1.82) is 0 Å². The van der Waals surface area contributed by atoms with Crippen molar-refractivity contribution in [2.24, 2.45) is 0 Å². The van der Waals surface area contributed by atoms with E-state index in [1.165, 1.54) is 9.13 Å². The molecule has 0 heterocycles. The molecule has 0 radical (unpaired) electrons. The van der Waals surface area contributed by atoms with Crippen LogP contribution in [0.2, 0.25) is 0 Å². The number of alkyl halides is 1. The van der Waals surface area contributed by atoms with E-state index in [-0.39, 0.29) is 10.8 Å². The molecule has 2 aromatic carbocycles. The molecule has 0 bridgehead atoms. The molecule has 3 heteroatoms. The second-order valence-electron chi connectivity index (χ2n) is 5.90. The van der Waals surface area contributed by atoms with Gasteiger partial charge in [0.1, 0.15) is 0 Å². The Kier molecular flexibility index (Phi) is 5.19. The van der Waals surface area contributed by atoms with Crippen molar-refractivity contribution in [1.82, 2.24) is 0 Å². The molecule has 0 aliphatic heterocycles. The molecule has 0 aliphatic carbocycles. The van der Waals surface area contributed by atoms with E-state index in [1.807, 2.05) is 6.07 Å². The first-order valence-electron chi connectivity index (χ1n) is 6.48. The van der Waals surface area contributed by atoms with Gasteiger partial charge in [-0.25, -0.2) is 0 Å². The van der Waals surface area contributed by atoms with Crippen molar-refractivity contribution in [2.45, 2.75) is 31.6 Å². The first-order valence-corrected chi connectivity index (χ1v) is 8.79. The van der Waals surface area contributed by atoms with Crippen LogP contribution in [0.5, 0.6) is 0 Å². The molecule has 0 fully saturated rings. The van der Waals surface area contributed by atoms with Crippen molar-refractivity contribution in [3.63, 3.8) is 0 Å². The monoisotopic (exact) mass is 462 g/mol. The fourth-order valence-electron chi connectivity index (χ4n) is 2.04. The van der Waals surface area contributed by atoms with Gasteiger partial charge in [0.25, 0.3) is 0 Å². The number of halogens is 3. The Hall–Kier alpha value is -0.0600. The van der Waals surface area contributed by atoms with Gasteiger partial charge in [0.05, 0.1) is 5.38 Å². The van der Waals surface area contributed by atoms with E-state index in [1.54, 1.807) is 0 Å². The maximum absolute atomic E-state index is 6.65. The zero-order chi connectivity index (χ0) is 14.9. The van der Waals surface area contributed by atoms with E-state index < -0.39 is 0 Å². The molecule has 0 amide bonds. The fourth-order valence-corrected chi connectivity index (χ4v) is 3.58. The van der Waals surface area contributed by atoms with Crippen LogP contribution < -0.4 is 0 Å². The minimum absolute atomic E-state index is 0.117. The molecule has 0 spiro atoms. The van der Waals surface area contributed by atoms with Crippen LogP contribution in [-0.4, -0.2) is 0 Å². The maximum atomic E-state index is 6.65. The third-order valence-corrected chi connectivity index (χ3v) is 5.26. The van der Waals surface area contributed by atoms with Gasteiger partial charge in [-0.2, -0.15) is 0 Å². The van der Waals surface area contributed by atoms with Crippen molar-refractivity contribution in [3.05, 3.63) is 67.2 Å². The quantitative estimate of drug-likeness (QED) is 0.344. The third kappa shape index (κ3) is 3.77. The number of benzene rings is 2. The smallest absolute Gasteiger partial charge is 0.0846 e. The SMILES string of the molecule is CC(C)(C)c1ccc(C(Cl)c2cc(Br)ccc2I)cc1. The molecule has 0 aromatic heterocycles. The van der Waals surface area contributed by atoms with Crippen LogP contribution in [0.3, 0.4) is 0 Å². The Morgan fingerprint density at radius 1 is 1.05 bits per heavy atom. The van der Waals surface area contributed by atoms with Crippen LogP contribution >= 0.6 is 50.1 Å². The van der Waals surface area contributed by atoms with Crippen LogP contribution in [0.25, 0.3) is 0 Å². The fraction of sp³-hybridized carbons (Fsp3) is 0.294. The van der Waals surface area contributed by atoms with E-state index in [2.05, 4.69) is 95.7 Å². The minimum Gasteiger partial charge on any atom is -0.113 e. The van der Waals surface area contributed by atoms with E-state index >= 15 is 0 Å². The van der Waals surface area contributed by atoms with Gasteiger partial charge in [-0.3, -0.25) is 0 Å². The summed E-state index contributed by atoms with van der Waals surface area (Å²) in [5, 5.41) is -0.117. The van der Waals surface area contributed by atoms with Crippen molar-refractivity contribution in [3.8, 4) is 0 Å². The Bertz CT molecular complexity index is 599. The lowest BCUT2D eigenvalue weighted by Gasteiger charge is -2.20. The van der Waals surface area contributed by atoms with Gasteiger partial charge in [0, 0.05) is 8.04 Å². The summed E-state index contributed by atoms with van der Waals surface area (Å²) in [5.41, 5.74) is 3.78. The molecule has 2 rings (SSSR count). The number of hydrogen-bond donors (Lipinski definition) is 0. The second-order valence-corrected chi connectivity index (χ2v) is 8.41. The average molecular weight is 464 g/mol. The van der Waals surface area contributed by atoms with Gasteiger partial charge in [0.2, 0.25) is 0 Å². The van der Waals surface area contributed by atoms with E-state index in [0.29, 0.717) is 0 Å². The molecule has 20 heavy (non-hydrogen) atoms.